The fraction of sp³-hybridized carbons (Fsp3) is 0.619. The molecule has 1 aromatic carbocycles. The lowest BCUT2D eigenvalue weighted by atomic mass is 10.1. The Morgan fingerprint density at radius 2 is 1.96 bits per heavy atom. The molecule has 28 heavy (non-hydrogen) atoms. The van der Waals surface area contributed by atoms with E-state index in [0.29, 0.717) is 24.6 Å². The lowest BCUT2D eigenvalue weighted by Crippen LogP contribution is -2.35. The zero-order chi connectivity index (χ0) is 20.3. The smallest absolute Gasteiger partial charge is 0.236 e. The van der Waals surface area contributed by atoms with Crippen LogP contribution in [0.1, 0.15) is 43.5 Å². The molecule has 2 fully saturated rings. The first-order valence-corrected chi connectivity index (χ1v) is 10.9. The van der Waals surface area contributed by atoms with Crippen molar-refractivity contribution in [3.8, 4) is 11.5 Å². The molecule has 0 radical (unpaired) electrons. The molecule has 2 amide bonds. The van der Waals surface area contributed by atoms with E-state index in [4.69, 9.17) is 9.47 Å². The zero-order valence-corrected chi connectivity index (χ0v) is 18.0. The molecule has 1 aromatic rings. The van der Waals surface area contributed by atoms with Gasteiger partial charge in [0, 0.05) is 26.1 Å². The van der Waals surface area contributed by atoms with Crippen molar-refractivity contribution in [3.05, 3.63) is 23.8 Å². The number of rotatable bonds is 9. The molecule has 6 nitrogen and oxygen atoms in total. The Morgan fingerprint density at radius 1 is 1.25 bits per heavy atom. The van der Waals surface area contributed by atoms with Crippen molar-refractivity contribution in [3.63, 3.8) is 0 Å². The van der Waals surface area contributed by atoms with Gasteiger partial charge in [-0.05, 0) is 43.4 Å². The van der Waals surface area contributed by atoms with E-state index in [1.807, 2.05) is 42.0 Å². The number of nitrogens with zero attached hydrogens (tertiary/aromatic N) is 2. The number of hydrogen-bond acceptors (Lipinski definition) is 5. The molecule has 1 saturated carbocycles. The van der Waals surface area contributed by atoms with Crippen LogP contribution in [0.5, 0.6) is 11.5 Å². The molecule has 2 unspecified atom stereocenters. The van der Waals surface area contributed by atoms with Crippen LogP contribution in [0.25, 0.3) is 0 Å². The summed E-state index contributed by atoms with van der Waals surface area (Å²) in [4.78, 5) is 28.8. The maximum Gasteiger partial charge on any atom is 0.236 e. The first-order chi connectivity index (χ1) is 13.5. The summed E-state index contributed by atoms with van der Waals surface area (Å²) in [5.74, 6) is 2.01. The van der Waals surface area contributed by atoms with Crippen molar-refractivity contribution in [1.82, 2.24) is 9.80 Å². The number of hydrogen-bond donors (Lipinski definition) is 0. The van der Waals surface area contributed by atoms with Gasteiger partial charge in [-0.3, -0.25) is 9.59 Å². The highest BCUT2D eigenvalue weighted by Crippen LogP contribution is 2.46. The maximum atomic E-state index is 12.9. The largest absolute Gasteiger partial charge is 0.493 e. The van der Waals surface area contributed by atoms with Crippen LogP contribution in [0.15, 0.2) is 18.2 Å². The molecule has 1 aliphatic heterocycles. The third-order valence-electron chi connectivity index (χ3n) is 5.39. The molecule has 3 rings (SSSR count). The van der Waals surface area contributed by atoms with Gasteiger partial charge in [0.2, 0.25) is 11.8 Å². The summed E-state index contributed by atoms with van der Waals surface area (Å²) < 4.78 is 10.8. The summed E-state index contributed by atoms with van der Waals surface area (Å²) in [7, 11) is 5.10. The Hall–Kier alpha value is -1.89. The molecule has 0 aromatic heterocycles. The van der Waals surface area contributed by atoms with Crippen molar-refractivity contribution < 1.29 is 19.1 Å². The van der Waals surface area contributed by atoms with Crippen molar-refractivity contribution in [2.75, 3.05) is 34.4 Å². The van der Waals surface area contributed by atoms with Crippen LogP contribution < -0.4 is 9.47 Å². The van der Waals surface area contributed by atoms with E-state index in [-0.39, 0.29) is 28.4 Å². The second-order valence-electron chi connectivity index (χ2n) is 7.42. The van der Waals surface area contributed by atoms with E-state index >= 15 is 0 Å². The van der Waals surface area contributed by atoms with Crippen LogP contribution in [0.4, 0.5) is 0 Å². The second kappa shape index (κ2) is 9.07. The Balaban J connectivity index is 1.69. The van der Waals surface area contributed by atoms with Crippen LogP contribution in [0.3, 0.4) is 0 Å². The average Bonchev–Trinajstić information content (AvgIpc) is 3.51. The molecule has 1 aliphatic carbocycles. The van der Waals surface area contributed by atoms with Gasteiger partial charge in [-0.2, -0.15) is 0 Å². The molecule has 1 saturated heterocycles. The molecule has 0 spiro atoms. The predicted molar refractivity (Wildman–Crippen MR) is 111 cm³/mol. The molecule has 7 heteroatoms. The molecular formula is C21H30N2O4S. The minimum Gasteiger partial charge on any atom is -0.493 e. The minimum absolute atomic E-state index is 0.0241. The fourth-order valence-electron chi connectivity index (χ4n) is 3.58. The van der Waals surface area contributed by atoms with E-state index in [2.05, 4.69) is 0 Å². The summed E-state index contributed by atoms with van der Waals surface area (Å²) in [6.45, 7) is 3.37. The van der Waals surface area contributed by atoms with Crippen molar-refractivity contribution in [2.45, 2.75) is 43.2 Å². The van der Waals surface area contributed by atoms with E-state index in [9.17, 15) is 9.59 Å². The Kier molecular flexibility index (Phi) is 6.75. The molecule has 1 heterocycles. The topological polar surface area (TPSA) is 59.1 Å². The Labute approximate surface area is 171 Å². The molecule has 2 aliphatic rings. The summed E-state index contributed by atoms with van der Waals surface area (Å²) in [5.41, 5.74) is 1.04. The van der Waals surface area contributed by atoms with Crippen molar-refractivity contribution >= 4 is 23.6 Å². The molecule has 0 N–H and O–H groups in total. The van der Waals surface area contributed by atoms with Crippen molar-refractivity contribution in [1.29, 1.82) is 0 Å². The van der Waals surface area contributed by atoms with Crippen LogP contribution in [0, 0.1) is 5.92 Å². The lowest BCUT2D eigenvalue weighted by Gasteiger charge is -2.26. The Morgan fingerprint density at radius 3 is 2.57 bits per heavy atom. The molecule has 154 valence electrons. The summed E-state index contributed by atoms with van der Waals surface area (Å²) in [6.07, 6.45) is 3.62. The van der Waals surface area contributed by atoms with Crippen molar-refractivity contribution in [2.24, 2.45) is 5.92 Å². The fourth-order valence-corrected chi connectivity index (χ4v) is 5.00. The monoisotopic (exact) mass is 406 g/mol. The van der Waals surface area contributed by atoms with Crippen LogP contribution in [-0.2, 0) is 9.59 Å². The number of carbonyl (C=O) groups is 2. The van der Waals surface area contributed by atoms with Gasteiger partial charge in [0.15, 0.2) is 11.5 Å². The quantitative estimate of drug-likeness (QED) is 0.630. The van der Waals surface area contributed by atoms with Gasteiger partial charge >= 0.3 is 0 Å². The normalized spacial score (nSPS) is 21.7. The minimum atomic E-state index is -0.0401. The first kappa shape index (κ1) is 20.8. The maximum absolute atomic E-state index is 12.9. The third kappa shape index (κ3) is 4.40. The number of thioether (sulfide) groups is 1. The highest BCUT2D eigenvalue weighted by atomic mass is 32.2. The van der Waals surface area contributed by atoms with Crippen LogP contribution >= 0.6 is 11.8 Å². The lowest BCUT2D eigenvalue weighted by molar-refractivity contribution is -0.131. The van der Waals surface area contributed by atoms with Gasteiger partial charge in [-0.25, -0.2) is 0 Å². The summed E-state index contributed by atoms with van der Waals surface area (Å²) >= 11 is 1.69. The number of amides is 2. The standard InChI is InChI=1S/C21H30N2O4S/c1-5-18-20(25)23(12-6-11-22(2)19(24)14-7-8-14)21(28-18)15-9-10-16(26-3)17(13-15)27-4/h9-10,13-14,18,21H,5-8,11-12H2,1-4H3. The Bertz CT molecular complexity index is 722. The zero-order valence-electron chi connectivity index (χ0n) is 17.1. The summed E-state index contributed by atoms with van der Waals surface area (Å²) in [6, 6.07) is 5.84. The van der Waals surface area contributed by atoms with Gasteiger partial charge in [0.25, 0.3) is 0 Å². The van der Waals surface area contributed by atoms with Gasteiger partial charge in [-0.1, -0.05) is 13.0 Å². The average molecular weight is 407 g/mol. The molecular weight excluding hydrogens is 376 g/mol. The molecule has 0 bridgehead atoms. The van der Waals surface area contributed by atoms with Gasteiger partial charge in [0.05, 0.1) is 19.5 Å². The highest BCUT2D eigenvalue weighted by Gasteiger charge is 2.40. The highest BCUT2D eigenvalue weighted by molar-refractivity contribution is 8.01. The second-order valence-corrected chi connectivity index (χ2v) is 8.71. The first-order valence-electron chi connectivity index (χ1n) is 9.93. The van der Waals surface area contributed by atoms with E-state index < -0.39 is 0 Å². The number of methoxy groups -OCH3 is 2. The summed E-state index contributed by atoms with van der Waals surface area (Å²) in [5, 5.41) is -0.0642. The van der Waals surface area contributed by atoms with E-state index in [1.165, 1.54) is 0 Å². The van der Waals surface area contributed by atoms with Gasteiger partial charge in [0.1, 0.15) is 5.37 Å². The third-order valence-corrected chi connectivity index (χ3v) is 7.04. The van der Waals surface area contributed by atoms with Gasteiger partial charge in [-0.15, -0.1) is 11.8 Å². The predicted octanol–water partition coefficient (Wildman–Crippen LogP) is 3.31. The van der Waals surface area contributed by atoms with Gasteiger partial charge < -0.3 is 19.3 Å². The van der Waals surface area contributed by atoms with Crippen LogP contribution in [0.2, 0.25) is 0 Å². The number of ether oxygens (including phenoxy) is 2. The SMILES string of the molecule is CCC1SC(c2ccc(OC)c(OC)c2)N(CCCN(C)C(=O)C2CC2)C1=O. The number of benzene rings is 1. The van der Waals surface area contributed by atoms with Crippen LogP contribution in [-0.4, -0.2) is 61.2 Å². The number of carbonyl (C=O) groups excluding carboxylic acids is 2. The van der Waals surface area contributed by atoms with E-state index in [1.54, 1.807) is 26.0 Å². The molecule has 2 atom stereocenters. The van der Waals surface area contributed by atoms with E-state index in [0.717, 1.165) is 31.2 Å².